The van der Waals surface area contributed by atoms with Crippen molar-refractivity contribution in [3.05, 3.63) is 75.5 Å². The smallest absolute Gasteiger partial charge is 0.340 e. The second-order valence-electron chi connectivity index (χ2n) is 5.95. The normalized spacial score (nSPS) is 17.0. The second kappa shape index (κ2) is 7.33. The summed E-state index contributed by atoms with van der Waals surface area (Å²) in [7, 11) is 0. The fourth-order valence-electron chi connectivity index (χ4n) is 2.95. The number of aryl methyl sites for hydroxylation is 1. The molecule has 0 fully saturated rings. The highest BCUT2D eigenvalue weighted by atomic mass is 79.9. The zero-order valence-electron chi connectivity index (χ0n) is 14.4. The lowest BCUT2D eigenvalue weighted by molar-refractivity contribution is -0.139. The molecule has 0 radical (unpaired) electrons. The van der Waals surface area contributed by atoms with E-state index < -0.39 is 23.7 Å². The highest BCUT2D eigenvalue weighted by molar-refractivity contribution is 9.10. The van der Waals surface area contributed by atoms with Crippen molar-refractivity contribution in [1.82, 2.24) is 0 Å². The van der Waals surface area contributed by atoms with E-state index in [4.69, 9.17) is 4.74 Å². The van der Waals surface area contributed by atoms with Gasteiger partial charge in [-0.2, -0.15) is 0 Å². The minimum Gasteiger partial charge on any atom is -0.503 e. The molecule has 6 heteroatoms. The van der Waals surface area contributed by atoms with Crippen molar-refractivity contribution >= 4 is 33.5 Å². The molecule has 3 rings (SSSR count). The van der Waals surface area contributed by atoms with E-state index in [1.54, 1.807) is 31.2 Å². The van der Waals surface area contributed by atoms with Gasteiger partial charge in [0.05, 0.1) is 12.6 Å². The molecule has 0 bridgehead atoms. The van der Waals surface area contributed by atoms with Gasteiger partial charge in [-0.15, -0.1) is 0 Å². The number of rotatable bonds is 4. The molecule has 0 spiro atoms. The third-order valence-corrected chi connectivity index (χ3v) is 4.73. The highest BCUT2D eigenvalue weighted by Crippen LogP contribution is 2.41. The van der Waals surface area contributed by atoms with Crippen LogP contribution in [-0.2, 0) is 14.3 Å². The Bertz CT molecular complexity index is 872. The molecule has 134 valence electrons. The quantitative estimate of drug-likeness (QED) is 0.758. The lowest BCUT2D eigenvalue weighted by atomic mass is 9.99. The van der Waals surface area contributed by atoms with Crippen molar-refractivity contribution in [3.63, 3.8) is 0 Å². The summed E-state index contributed by atoms with van der Waals surface area (Å²) in [6, 6.07) is 13.8. The Morgan fingerprint density at radius 3 is 2.35 bits per heavy atom. The summed E-state index contributed by atoms with van der Waals surface area (Å²) in [5.74, 6) is -1.89. The monoisotopic (exact) mass is 415 g/mol. The molecule has 0 saturated heterocycles. The third-order valence-electron chi connectivity index (χ3n) is 4.20. The molecule has 2 aromatic rings. The van der Waals surface area contributed by atoms with Crippen LogP contribution in [0.4, 0.5) is 5.69 Å². The Morgan fingerprint density at radius 2 is 1.77 bits per heavy atom. The van der Waals surface area contributed by atoms with E-state index in [0.717, 1.165) is 10.0 Å². The molecule has 1 atom stereocenters. The standard InChI is InChI=1S/C20H18BrNO4/c1-3-26-20(25)16-17(13-6-8-14(21)9-7-13)22(19(24)18(16)23)15-10-4-12(2)5-11-15/h4-11,17,23H,3H2,1-2H3. The first-order valence-corrected chi connectivity index (χ1v) is 8.99. The van der Waals surface area contributed by atoms with Gasteiger partial charge in [0.1, 0.15) is 5.57 Å². The lowest BCUT2D eigenvalue weighted by Crippen LogP contribution is -2.31. The van der Waals surface area contributed by atoms with Crippen LogP contribution in [0.15, 0.2) is 64.3 Å². The van der Waals surface area contributed by atoms with Crippen molar-refractivity contribution in [2.24, 2.45) is 0 Å². The highest BCUT2D eigenvalue weighted by Gasteiger charge is 2.45. The minimum atomic E-state index is -0.752. The van der Waals surface area contributed by atoms with Crippen LogP contribution in [0.2, 0.25) is 0 Å². The topological polar surface area (TPSA) is 66.8 Å². The molecule has 26 heavy (non-hydrogen) atoms. The number of hydrogen-bond acceptors (Lipinski definition) is 4. The zero-order valence-corrected chi connectivity index (χ0v) is 16.0. The number of hydrogen-bond donors (Lipinski definition) is 1. The predicted octanol–water partition coefficient (Wildman–Crippen LogP) is 4.22. The van der Waals surface area contributed by atoms with Crippen LogP contribution >= 0.6 is 15.9 Å². The molecule has 1 N–H and O–H groups in total. The molecular formula is C20H18BrNO4. The first kappa shape index (κ1) is 18.2. The summed E-state index contributed by atoms with van der Waals surface area (Å²) in [5.41, 5.74) is 2.30. The van der Waals surface area contributed by atoms with E-state index in [1.165, 1.54) is 4.90 Å². The Labute approximate surface area is 160 Å². The van der Waals surface area contributed by atoms with Crippen LogP contribution < -0.4 is 4.90 Å². The average Bonchev–Trinajstić information content (AvgIpc) is 2.88. The Balaban J connectivity index is 2.14. The number of ether oxygens (including phenoxy) is 1. The third kappa shape index (κ3) is 3.24. The number of anilines is 1. The number of carbonyl (C=O) groups excluding carboxylic acids is 2. The van der Waals surface area contributed by atoms with E-state index in [-0.39, 0.29) is 12.2 Å². The van der Waals surface area contributed by atoms with Crippen LogP contribution in [0.1, 0.15) is 24.1 Å². The number of halogens is 1. The van der Waals surface area contributed by atoms with Gasteiger partial charge in [-0.1, -0.05) is 45.8 Å². The average molecular weight is 416 g/mol. The number of esters is 1. The van der Waals surface area contributed by atoms with Gasteiger partial charge in [0.15, 0.2) is 5.76 Å². The molecule has 5 nitrogen and oxygen atoms in total. The molecule has 1 unspecified atom stereocenters. The maximum absolute atomic E-state index is 12.8. The minimum absolute atomic E-state index is 0.0419. The zero-order chi connectivity index (χ0) is 18.8. The van der Waals surface area contributed by atoms with Gasteiger partial charge in [-0.25, -0.2) is 4.79 Å². The molecular weight excluding hydrogens is 398 g/mol. The van der Waals surface area contributed by atoms with Crippen molar-refractivity contribution in [2.75, 3.05) is 11.5 Å². The number of carbonyl (C=O) groups is 2. The molecule has 1 aliphatic rings. The number of amides is 1. The number of benzene rings is 2. The van der Waals surface area contributed by atoms with E-state index in [2.05, 4.69) is 15.9 Å². The summed E-state index contributed by atoms with van der Waals surface area (Å²) >= 11 is 3.38. The molecule has 0 aliphatic carbocycles. The van der Waals surface area contributed by atoms with E-state index in [9.17, 15) is 14.7 Å². The van der Waals surface area contributed by atoms with Crippen LogP contribution in [-0.4, -0.2) is 23.6 Å². The second-order valence-corrected chi connectivity index (χ2v) is 6.86. The van der Waals surface area contributed by atoms with Crippen LogP contribution in [0.25, 0.3) is 0 Å². The molecule has 1 amide bonds. The first-order valence-electron chi connectivity index (χ1n) is 8.20. The maximum atomic E-state index is 12.8. The van der Waals surface area contributed by atoms with Gasteiger partial charge in [0.2, 0.25) is 0 Å². The van der Waals surface area contributed by atoms with E-state index >= 15 is 0 Å². The Kier molecular flexibility index (Phi) is 5.13. The Hall–Kier alpha value is -2.60. The number of nitrogens with zero attached hydrogens (tertiary/aromatic N) is 1. The molecule has 2 aromatic carbocycles. The summed E-state index contributed by atoms with van der Waals surface area (Å²) in [6.45, 7) is 3.78. The lowest BCUT2D eigenvalue weighted by Gasteiger charge is -2.26. The number of aliphatic hydroxyl groups is 1. The Morgan fingerprint density at radius 1 is 1.15 bits per heavy atom. The first-order chi connectivity index (χ1) is 12.4. The largest absolute Gasteiger partial charge is 0.503 e. The van der Waals surface area contributed by atoms with Crippen molar-refractivity contribution < 1.29 is 19.4 Å². The van der Waals surface area contributed by atoms with Gasteiger partial charge in [0.25, 0.3) is 5.91 Å². The SMILES string of the molecule is CCOC(=O)C1=C(O)C(=O)N(c2ccc(C)cc2)C1c1ccc(Br)cc1. The van der Waals surface area contributed by atoms with Gasteiger partial charge < -0.3 is 9.84 Å². The maximum Gasteiger partial charge on any atom is 0.340 e. The van der Waals surface area contributed by atoms with Crippen LogP contribution in [0.3, 0.4) is 0 Å². The van der Waals surface area contributed by atoms with Gasteiger partial charge in [-0.3, -0.25) is 9.69 Å². The predicted molar refractivity (Wildman–Crippen MR) is 102 cm³/mol. The van der Waals surface area contributed by atoms with E-state index in [0.29, 0.717) is 11.3 Å². The van der Waals surface area contributed by atoms with Crippen LogP contribution in [0.5, 0.6) is 0 Å². The summed E-state index contributed by atoms with van der Waals surface area (Å²) in [4.78, 5) is 26.6. The fourth-order valence-corrected chi connectivity index (χ4v) is 3.22. The summed E-state index contributed by atoms with van der Waals surface area (Å²) in [5, 5.41) is 10.4. The van der Waals surface area contributed by atoms with Gasteiger partial charge >= 0.3 is 5.97 Å². The van der Waals surface area contributed by atoms with Gasteiger partial charge in [0, 0.05) is 10.2 Å². The summed E-state index contributed by atoms with van der Waals surface area (Å²) in [6.07, 6.45) is 0. The van der Waals surface area contributed by atoms with Crippen molar-refractivity contribution in [1.29, 1.82) is 0 Å². The van der Waals surface area contributed by atoms with Crippen molar-refractivity contribution in [3.8, 4) is 0 Å². The molecule has 0 aromatic heterocycles. The fraction of sp³-hybridized carbons (Fsp3) is 0.200. The molecule has 1 heterocycles. The van der Waals surface area contributed by atoms with Crippen molar-refractivity contribution in [2.45, 2.75) is 19.9 Å². The molecule has 1 aliphatic heterocycles. The summed E-state index contributed by atoms with van der Waals surface area (Å²) < 4.78 is 5.95. The van der Waals surface area contributed by atoms with Crippen LogP contribution in [0, 0.1) is 6.92 Å². The van der Waals surface area contributed by atoms with Gasteiger partial charge in [-0.05, 0) is 43.7 Å². The molecule has 0 saturated carbocycles. The van der Waals surface area contributed by atoms with E-state index in [1.807, 2.05) is 31.2 Å². The number of aliphatic hydroxyl groups excluding tert-OH is 1.